The van der Waals surface area contributed by atoms with Crippen LogP contribution in [-0.2, 0) is 0 Å². The van der Waals surface area contributed by atoms with E-state index in [9.17, 15) is 9.59 Å². The number of carbonyl (C=O) groups excluding carboxylic acids is 2. The minimum Gasteiger partial charge on any atom is -0.366 e. The second kappa shape index (κ2) is 5.87. The predicted molar refractivity (Wildman–Crippen MR) is 73.9 cm³/mol. The van der Waals surface area contributed by atoms with Gasteiger partial charge in [0, 0.05) is 23.7 Å². The Morgan fingerprint density at radius 2 is 1.84 bits per heavy atom. The van der Waals surface area contributed by atoms with E-state index in [1.165, 1.54) is 6.42 Å². The maximum Gasteiger partial charge on any atom is 0.254 e. The Hall–Kier alpha value is -1.84. The molecule has 1 aliphatic heterocycles. The van der Waals surface area contributed by atoms with Crippen molar-refractivity contribution >= 4 is 11.8 Å². The highest BCUT2D eigenvalue weighted by atomic mass is 16.2. The smallest absolute Gasteiger partial charge is 0.254 e. The molecule has 0 bridgehead atoms. The number of hydrogen-bond acceptors (Lipinski definition) is 2. The number of piperidine rings is 1. The number of carbonyl (C=O) groups is 2. The predicted octanol–water partition coefficient (Wildman–Crippen LogP) is 2.19. The first-order valence-corrected chi connectivity index (χ1v) is 6.84. The van der Waals surface area contributed by atoms with Crippen molar-refractivity contribution in [2.75, 3.05) is 6.54 Å². The highest BCUT2D eigenvalue weighted by Crippen LogP contribution is 2.21. The van der Waals surface area contributed by atoms with E-state index in [1.807, 2.05) is 4.90 Å². The first kappa shape index (κ1) is 13.6. The third-order valence-corrected chi connectivity index (χ3v) is 3.78. The van der Waals surface area contributed by atoms with Gasteiger partial charge in [-0.3, -0.25) is 9.59 Å². The topological polar surface area (TPSA) is 63.4 Å². The van der Waals surface area contributed by atoms with E-state index in [0.29, 0.717) is 17.2 Å². The Morgan fingerprint density at radius 3 is 2.42 bits per heavy atom. The van der Waals surface area contributed by atoms with Gasteiger partial charge in [0.1, 0.15) is 0 Å². The lowest BCUT2D eigenvalue weighted by Crippen LogP contribution is -2.43. The van der Waals surface area contributed by atoms with Crippen molar-refractivity contribution in [1.82, 2.24) is 4.90 Å². The number of hydrogen-bond donors (Lipinski definition) is 1. The summed E-state index contributed by atoms with van der Waals surface area (Å²) in [6, 6.07) is 6.94. The molecule has 1 heterocycles. The molecule has 2 rings (SSSR count). The van der Waals surface area contributed by atoms with E-state index in [1.54, 1.807) is 24.3 Å². The molecule has 0 saturated carbocycles. The van der Waals surface area contributed by atoms with E-state index < -0.39 is 5.91 Å². The standard InChI is InChI=1S/C15H20N2O2/c1-2-13-5-3-4-10-17(13)15(19)12-8-6-11(7-9-12)14(16)18/h6-9,13H,2-5,10H2,1H3,(H2,16,18). The molecule has 19 heavy (non-hydrogen) atoms. The summed E-state index contributed by atoms with van der Waals surface area (Å²) in [5.74, 6) is -0.411. The van der Waals surface area contributed by atoms with Crippen molar-refractivity contribution < 1.29 is 9.59 Å². The summed E-state index contributed by atoms with van der Waals surface area (Å²) >= 11 is 0. The molecule has 4 heteroatoms. The zero-order valence-electron chi connectivity index (χ0n) is 11.3. The quantitative estimate of drug-likeness (QED) is 0.905. The van der Waals surface area contributed by atoms with E-state index in [-0.39, 0.29) is 5.91 Å². The molecule has 102 valence electrons. The van der Waals surface area contributed by atoms with Gasteiger partial charge in [0.2, 0.25) is 5.91 Å². The van der Waals surface area contributed by atoms with Gasteiger partial charge in [0.25, 0.3) is 5.91 Å². The van der Waals surface area contributed by atoms with Crippen molar-refractivity contribution in [2.45, 2.75) is 38.6 Å². The SMILES string of the molecule is CCC1CCCCN1C(=O)c1ccc(C(N)=O)cc1. The first-order valence-electron chi connectivity index (χ1n) is 6.84. The van der Waals surface area contributed by atoms with E-state index in [4.69, 9.17) is 5.73 Å². The fourth-order valence-electron chi connectivity index (χ4n) is 2.64. The molecule has 1 unspecified atom stereocenters. The summed E-state index contributed by atoms with van der Waals surface area (Å²) in [4.78, 5) is 25.4. The van der Waals surface area contributed by atoms with Crippen molar-refractivity contribution in [2.24, 2.45) is 5.73 Å². The number of nitrogens with two attached hydrogens (primary N) is 1. The molecule has 0 aliphatic carbocycles. The van der Waals surface area contributed by atoms with Crippen LogP contribution in [0.5, 0.6) is 0 Å². The lowest BCUT2D eigenvalue weighted by atomic mass is 9.98. The summed E-state index contributed by atoms with van der Waals surface area (Å²) < 4.78 is 0. The minimum absolute atomic E-state index is 0.0579. The molecule has 1 fully saturated rings. The van der Waals surface area contributed by atoms with Crippen molar-refractivity contribution in [3.63, 3.8) is 0 Å². The molecule has 1 saturated heterocycles. The molecule has 0 spiro atoms. The fraction of sp³-hybridized carbons (Fsp3) is 0.467. The van der Waals surface area contributed by atoms with Crippen LogP contribution in [0.4, 0.5) is 0 Å². The number of amides is 2. The van der Waals surface area contributed by atoms with Gasteiger partial charge in [-0.1, -0.05) is 6.92 Å². The Bertz CT molecular complexity index is 468. The summed E-state index contributed by atoms with van der Waals surface area (Å²) in [6.45, 7) is 2.95. The second-order valence-corrected chi connectivity index (χ2v) is 5.00. The molecule has 4 nitrogen and oxygen atoms in total. The van der Waals surface area contributed by atoms with Gasteiger partial charge in [-0.2, -0.15) is 0 Å². The van der Waals surface area contributed by atoms with Crippen LogP contribution in [0.15, 0.2) is 24.3 Å². The van der Waals surface area contributed by atoms with Gasteiger partial charge < -0.3 is 10.6 Å². The summed E-state index contributed by atoms with van der Waals surface area (Å²) in [5, 5.41) is 0. The van der Waals surface area contributed by atoms with Gasteiger partial charge in [-0.05, 0) is 49.9 Å². The largest absolute Gasteiger partial charge is 0.366 e. The van der Waals surface area contributed by atoms with Crippen LogP contribution >= 0.6 is 0 Å². The zero-order valence-corrected chi connectivity index (χ0v) is 11.3. The number of likely N-dealkylation sites (tertiary alicyclic amines) is 1. The highest BCUT2D eigenvalue weighted by Gasteiger charge is 2.25. The molecule has 1 aromatic rings. The van der Waals surface area contributed by atoms with Gasteiger partial charge in [0.15, 0.2) is 0 Å². The molecular weight excluding hydrogens is 240 g/mol. The zero-order chi connectivity index (χ0) is 13.8. The average Bonchev–Trinajstić information content (AvgIpc) is 2.46. The van der Waals surface area contributed by atoms with Gasteiger partial charge in [-0.15, -0.1) is 0 Å². The van der Waals surface area contributed by atoms with Gasteiger partial charge in [0.05, 0.1) is 0 Å². The van der Waals surface area contributed by atoms with Crippen LogP contribution in [0.25, 0.3) is 0 Å². The third kappa shape index (κ3) is 2.95. The van der Waals surface area contributed by atoms with Crippen LogP contribution in [0, 0.1) is 0 Å². The van der Waals surface area contributed by atoms with Gasteiger partial charge in [-0.25, -0.2) is 0 Å². The molecule has 0 radical (unpaired) electrons. The molecule has 2 amide bonds. The van der Waals surface area contributed by atoms with Crippen molar-refractivity contribution in [1.29, 1.82) is 0 Å². The normalized spacial score (nSPS) is 19.2. The minimum atomic E-state index is -0.469. The highest BCUT2D eigenvalue weighted by molar-refractivity contribution is 5.97. The molecule has 0 aromatic heterocycles. The molecule has 1 aromatic carbocycles. The number of rotatable bonds is 3. The monoisotopic (exact) mass is 260 g/mol. The third-order valence-electron chi connectivity index (χ3n) is 3.78. The number of benzene rings is 1. The molecular formula is C15H20N2O2. The van der Waals surface area contributed by atoms with E-state index in [2.05, 4.69) is 6.92 Å². The second-order valence-electron chi connectivity index (χ2n) is 5.00. The molecule has 1 atom stereocenters. The maximum atomic E-state index is 12.5. The van der Waals surface area contributed by atoms with Crippen LogP contribution in [0.3, 0.4) is 0 Å². The van der Waals surface area contributed by atoms with E-state index >= 15 is 0 Å². The fourth-order valence-corrected chi connectivity index (χ4v) is 2.64. The Kier molecular flexibility index (Phi) is 4.20. The number of nitrogens with zero attached hydrogens (tertiary/aromatic N) is 1. The summed E-state index contributed by atoms with van der Waals surface area (Å²) in [5.41, 5.74) is 6.25. The molecule has 2 N–H and O–H groups in total. The lowest BCUT2D eigenvalue weighted by molar-refractivity contribution is 0.0607. The number of primary amides is 1. The molecule has 1 aliphatic rings. The lowest BCUT2D eigenvalue weighted by Gasteiger charge is -2.35. The van der Waals surface area contributed by atoms with Gasteiger partial charge >= 0.3 is 0 Å². The van der Waals surface area contributed by atoms with Crippen molar-refractivity contribution in [3.8, 4) is 0 Å². The summed E-state index contributed by atoms with van der Waals surface area (Å²) in [7, 11) is 0. The Morgan fingerprint density at radius 1 is 1.21 bits per heavy atom. The van der Waals surface area contributed by atoms with Crippen LogP contribution in [-0.4, -0.2) is 29.3 Å². The van der Waals surface area contributed by atoms with Crippen LogP contribution in [0.1, 0.15) is 53.3 Å². The Labute approximate surface area is 113 Å². The van der Waals surface area contributed by atoms with Crippen molar-refractivity contribution in [3.05, 3.63) is 35.4 Å². The van der Waals surface area contributed by atoms with Crippen LogP contribution < -0.4 is 5.73 Å². The first-order chi connectivity index (χ1) is 9.13. The Balaban J connectivity index is 2.16. The maximum absolute atomic E-state index is 12.5. The van der Waals surface area contributed by atoms with Crippen LogP contribution in [0.2, 0.25) is 0 Å². The van der Waals surface area contributed by atoms with E-state index in [0.717, 1.165) is 25.8 Å². The average molecular weight is 260 g/mol. The summed E-state index contributed by atoms with van der Waals surface area (Å²) in [6.07, 6.45) is 4.34.